The average Bonchev–Trinajstić information content (AvgIpc) is 2.55. The van der Waals surface area contributed by atoms with E-state index in [-0.39, 0.29) is 0 Å². The van der Waals surface area contributed by atoms with Crippen LogP contribution in [0.25, 0.3) is 22.3 Å². The SMILES string of the molecule is N#Cc1cc(Cl)cc(-c2ccc(-c3ccccc3)cc2)c1. The van der Waals surface area contributed by atoms with Crippen LogP contribution in [0.5, 0.6) is 0 Å². The highest BCUT2D eigenvalue weighted by Crippen LogP contribution is 2.27. The third-order valence-corrected chi connectivity index (χ3v) is 3.57. The predicted octanol–water partition coefficient (Wildman–Crippen LogP) is 5.55. The molecule has 0 saturated heterocycles. The third kappa shape index (κ3) is 2.97. The maximum atomic E-state index is 9.02. The fourth-order valence-electron chi connectivity index (χ4n) is 2.31. The van der Waals surface area contributed by atoms with Gasteiger partial charge in [0.05, 0.1) is 11.6 Å². The van der Waals surface area contributed by atoms with E-state index in [1.54, 1.807) is 6.07 Å². The molecule has 21 heavy (non-hydrogen) atoms. The molecule has 2 heteroatoms. The Morgan fingerprint density at radius 2 is 1.24 bits per heavy atom. The maximum Gasteiger partial charge on any atom is 0.0992 e. The summed E-state index contributed by atoms with van der Waals surface area (Å²) in [5.41, 5.74) is 4.94. The lowest BCUT2D eigenvalue weighted by Gasteiger charge is -2.06. The van der Waals surface area contributed by atoms with Gasteiger partial charge in [0, 0.05) is 5.02 Å². The van der Waals surface area contributed by atoms with Gasteiger partial charge in [0.1, 0.15) is 0 Å². The molecule has 0 spiro atoms. The van der Waals surface area contributed by atoms with Crippen molar-refractivity contribution in [2.45, 2.75) is 0 Å². The van der Waals surface area contributed by atoms with Crippen molar-refractivity contribution in [3.8, 4) is 28.3 Å². The summed E-state index contributed by atoms with van der Waals surface area (Å²) in [5.74, 6) is 0. The fourth-order valence-corrected chi connectivity index (χ4v) is 2.54. The van der Waals surface area contributed by atoms with Gasteiger partial charge in [-0.2, -0.15) is 5.26 Å². The van der Waals surface area contributed by atoms with Gasteiger partial charge in [-0.1, -0.05) is 66.2 Å². The number of hydrogen-bond donors (Lipinski definition) is 0. The number of rotatable bonds is 2. The zero-order valence-corrected chi connectivity index (χ0v) is 12.0. The molecular weight excluding hydrogens is 278 g/mol. The smallest absolute Gasteiger partial charge is 0.0992 e. The molecule has 0 aliphatic heterocycles. The summed E-state index contributed by atoms with van der Waals surface area (Å²) in [6.45, 7) is 0. The molecule has 0 N–H and O–H groups in total. The first kappa shape index (κ1) is 13.4. The summed E-state index contributed by atoms with van der Waals surface area (Å²) >= 11 is 6.05. The minimum Gasteiger partial charge on any atom is -0.192 e. The summed E-state index contributed by atoms with van der Waals surface area (Å²) in [4.78, 5) is 0. The topological polar surface area (TPSA) is 23.8 Å². The fraction of sp³-hybridized carbons (Fsp3) is 0. The highest BCUT2D eigenvalue weighted by atomic mass is 35.5. The van der Waals surface area contributed by atoms with Gasteiger partial charge in [0.15, 0.2) is 0 Å². The van der Waals surface area contributed by atoms with Gasteiger partial charge >= 0.3 is 0 Å². The third-order valence-electron chi connectivity index (χ3n) is 3.35. The first-order valence-electron chi connectivity index (χ1n) is 6.63. The van der Waals surface area contributed by atoms with Crippen molar-refractivity contribution in [3.63, 3.8) is 0 Å². The molecule has 0 saturated carbocycles. The van der Waals surface area contributed by atoms with Crippen LogP contribution in [0.2, 0.25) is 5.02 Å². The zero-order valence-electron chi connectivity index (χ0n) is 11.3. The Morgan fingerprint density at radius 3 is 1.86 bits per heavy atom. The summed E-state index contributed by atoms with van der Waals surface area (Å²) in [7, 11) is 0. The van der Waals surface area contributed by atoms with Crippen molar-refractivity contribution < 1.29 is 0 Å². The average molecular weight is 290 g/mol. The van der Waals surface area contributed by atoms with Gasteiger partial charge in [0.2, 0.25) is 0 Å². The van der Waals surface area contributed by atoms with E-state index in [4.69, 9.17) is 16.9 Å². The highest BCUT2D eigenvalue weighted by Gasteiger charge is 2.03. The molecule has 3 aromatic rings. The van der Waals surface area contributed by atoms with Crippen molar-refractivity contribution in [1.82, 2.24) is 0 Å². The predicted molar refractivity (Wildman–Crippen MR) is 87.0 cm³/mol. The molecule has 100 valence electrons. The second-order valence-corrected chi connectivity index (χ2v) is 5.22. The number of hydrogen-bond acceptors (Lipinski definition) is 1. The van der Waals surface area contributed by atoms with Crippen molar-refractivity contribution in [2.75, 3.05) is 0 Å². The van der Waals surface area contributed by atoms with Crippen LogP contribution >= 0.6 is 11.6 Å². The Labute approximate surface area is 129 Å². The lowest BCUT2D eigenvalue weighted by atomic mass is 9.99. The van der Waals surface area contributed by atoms with E-state index in [9.17, 15) is 0 Å². The first-order chi connectivity index (χ1) is 10.3. The molecule has 0 atom stereocenters. The number of halogens is 1. The Balaban J connectivity index is 1.98. The normalized spacial score (nSPS) is 10.1. The number of nitriles is 1. The van der Waals surface area contributed by atoms with Gasteiger partial charge in [0.25, 0.3) is 0 Å². The Kier molecular flexibility index (Phi) is 3.73. The molecule has 0 bridgehead atoms. The second kappa shape index (κ2) is 5.83. The summed E-state index contributed by atoms with van der Waals surface area (Å²) in [5, 5.41) is 9.60. The molecule has 0 heterocycles. The standard InChI is InChI=1S/C19H12ClN/c20-19-11-14(13-21)10-18(12-19)17-8-6-16(7-9-17)15-4-2-1-3-5-15/h1-12H. The molecule has 0 aliphatic rings. The monoisotopic (exact) mass is 289 g/mol. The molecule has 0 fully saturated rings. The van der Waals surface area contributed by atoms with Crippen molar-refractivity contribution >= 4 is 11.6 Å². The zero-order chi connectivity index (χ0) is 14.7. The van der Waals surface area contributed by atoms with Crippen LogP contribution in [0, 0.1) is 11.3 Å². The van der Waals surface area contributed by atoms with Gasteiger partial charge in [-0.15, -0.1) is 0 Å². The lowest BCUT2D eigenvalue weighted by molar-refractivity contribution is 1.48. The maximum absolute atomic E-state index is 9.02. The molecule has 1 nitrogen and oxygen atoms in total. The van der Waals surface area contributed by atoms with Gasteiger partial charge in [-0.25, -0.2) is 0 Å². The summed E-state index contributed by atoms with van der Waals surface area (Å²) in [6, 6.07) is 26.0. The van der Waals surface area contributed by atoms with Gasteiger partial charge in [-0.05, 0) is 40.5 Å². The molecule has 3 rings (SSSR count). The van der Waals surface area contributed by atoms with E-state index in [0.717, 1.165) is 11.1 Å². The highest BCUT2D eigenvalue weighted by molar-refractivity contribution is 6.31. The van der Waals surface area contributed by atoms with Crippen molar-refractivity contribution in [3.05, 3.63) is 83.4 Å². The van der Waals surface area contributed by atoms with Gasteiger partial charge in [-0.3, -0.25) is 0 Å². The van der Waals surface area contributed by atoms with E-state index in [1.807, 2.05) is 30.3 Å². The minimum absolute atomic E-state index is 0.574. The van der Waals surface area contributed by atoms with Crippen LogP contribution in [0.4, 0.5) is 0 Å². The number of nitrogens with zero attached hydrogens (tertiary/aromatic N) is 1. The van der Waals surface area contributed by atoms with E-state index >= 15 is 0 Å². The van der Waals surface area contributed by atoms with Gasteiger partial charge < -0.3 is 0 Å². The molecule has 3 aromatic carbocycles. The van der Waals surface area contributed by atoms with Crippen LogP contribution in [0.15, 0.2) is 72.8 Å². The minimum atomic E-state index is 0.574. The molecule has 0 unspecified atom stereocenters. The molecule has 0 aromatic heterocycles. The molecule has 0 aliphatic carbocycles. The molecule has 0 radical (unpaired) electrons. The Hall–Kier alpha value is -2.56. The van der Waals surface area contributed by atoms with E-state index in [2.05, 4.69) is 42.5 Å². The van der Waals surface area contributed by atoms with E-state index < -0.39 is 0 Å². The van der Waals surface area contributed by atoms with Crippen LogP contribution in [0.1, 0.15) is 5.56 Å². The van der Waals surface area contributed by atoms with Crippen molar-refractivity contribution in [2.24, 2.45) is 0 Å². The first-order valence-corrected chi connectivity index (χ1v) is 7.00. The summed E-state index contributed by atoms with van der Waals surface area (Å²) < 4.78 is 0. The van der Waals surface area contributed by atoms with Crippen LogP contribution < -0.4 is 0 Å². The van der Waals surface area contributed by atoms with Crippen molar-refractivity contribution in [1.29, 1.82) is 5.26 Å². The molecule has 0 amide bonds. The molecular formula is C19H12ClN. The second-order valence-electron chi connectivity index (χ2n) is 4.78. The largest absolute Gasteiger partial charge is 0.192 e. The van der Waals surface area contributed by atoms with Crippen LogP contribution in [0.3, 0.4) is 0 Å². The Morgan fingerprint density at radius 1 is 0.667 bits per heavy atom. The van der Waals surface area contributed by atoms with E-state index in [0.29, 0.717) is 10.6 Å². The number of benzene rings is 3. The quantitative estimate of drug-likeness (QED) is 0.607. The lowest BCUT2D eigenvalue weighted by Crippen LogP contribution is -1.82. The Bertz CT molecular complexity index is 799. The van der Waals surface area contributed by atoms with Crippen LogP contribution in [-0.2, 0) is 0 Å². The summed E-state index contributed by atoms with van der Waals surface area (Å²) in [6.07, 6.45) is 0. The van der Waals surface area contributed by atoms with E-state index in [1.165, 1.54) is 11.1 Å². The van der Waals surface area contributed by atoms with Crippen LogP contribution in [-0.4, -0.2) is 0 Å².